The van der Waals surface area contributed by atoms with Crippen LogP contribution in [0.3, 0.4) is 0 Å². The van der Waals surface area contributed by atoms with Crippen LogP contribution in [0.2, 0.25) is 0 Å². The number of fused-ring (bicyclic) bond motifs is 1. The predicted molar refractivity (Wildman–Crippen MR) is 104 cm³/mol. The molecule has 0 atom stereocenters. The lowest BCUT2D eigenvalue weighted by Gasteiger charge is -2.37. The highest BCUT2D eigenvalue weighted by atomic mass is 32.2. The summed E-state index contributed by atoms with van der Waals surface area (Å²) in [6.07, 6.45) is 6.07. The van der Waals surface area contributed by atoms with Crippen LogP contribution in [-0.4, -0.2) is 28.2 Å². The molecule has 2 aromatic rings. The molecule has 0 unspecified atom stereocenters. The largest absolute Gasteiger partial charge is 0.381 e. The Morgan fingerprint density at radius 2 is 1.85 bits per heavy atom. The molecule has 0 amide bonds. The molecular formula is C20H25NO3S2. The van der Waals surface area contributed by atoms with E-state index in [4.69, 9.17) is 4.74 Å². The first-order chi connectivity index (χ1) is 12.6. The maximum absolute atomic E-state index is 12.9. The van der Waals surface area contributed by atoms with Crippen LogP contribution in [0, 0.1) is 0 Å². The Bertz CT molecular complexity index is 853. The van der Waals surface area contributed by atoms with Crippen molar-refractivity contribution in [2.75, 3.05) is 19.8 Å². The SMILES string of the molecule is O=S(=O)(NCC1(c2ccsc2)CCOCC1)c1ccc2c(c1)CCCC2. The van der Waals surface area contributed by atoms with Gasteiger partial charge in [-0.25, -0.2) is 13.1 Å². The van der Waals surface area contributed by atoms with Gasteiger partial charge in [-0.05, 0) is 84.2 Å². The van der Waals surface area contributed by atoms with Gasteiger partial charge in [0.25, 0.3) is 0 Å². The zero-order chi connectivity index (χ0) is 18.0. The zero-order valence-corrected chi connectivity index (χ0v) is 16.5. The second-order valence-electron chi connectivity index (χ2n) is 7.37. The van der Waals surface area contributed by atoms with Crippen LogP contribution >= 0.6 is 11.3 Å². The second kappa shape index (κ2) is 7.43. The molecule has 26 heavy (non-hydrogen) atoms. The van der Waals surface area contributed by atoms with E-state index in [1.54, 1.807) is 17.4 Å². The number of thiophene rings is 1. The van der Waals surface area contributed by atoms with E-state index in [1.165, 1.54) is 23.1 Å². The van der Waals surface area contributed by atoms with Crippen LogP contribution in [0.1, 0.15) is 42.4 Å². The molecule has 1 aliphatic carbocycles. The molecule has 1 aromatic carbocycles. The van der Waals surface area contributed by atoms with Gasteiger partial charge in [-0.3, -0.25) is 0 Å². The quantitative estimate of drug-likeness (QED) is 0.846. The van der Waals surface area contributed by atoms with Gasteiger partial charge in [-0.2, -0.15) is 11.3 Å². The van der Waals surface area contributed by atoms with Crippen LogP contribution in [-0.2, 0) is 33.0 Å². The van der Waals surface area contributed by atoms with Gasteiger partial charge < -0.3 is 4.74 Å². The van der Waals surface area contributed by atoms with Crippen molar-refractivity contribution < 1.29 is 13.2 Å². The van der Waals surface area contributed by atoms with Gasteiger partial charge in [-0.1, -0.05) is 6.07 Å². The molecule has 2 heterocycles. The fraction of sp³-hybridized carbons (Fsp3) is 0.500. The Hall–Kier alpha value is -1.21. The Morgan fingerprint density at radius 3 is 2.58 bits per heavy atom. The van der Waals surface area contributed by atoms with Gasteiger partial charge in [0.2, 0.25) is 10.0 Å². The molecule has 1 fully saturated rings. The van der Waals surface area contributed by atoms with Crippen LogP contribution in [0.5, 0.6) is 0 Å². The topological polar surface area (TPSA) is 55.4 Å². The monoisotopic (exact) mass is 391 g/mol. The Balaban J connectivity index is 1.55. The first kappa shape index (κ1) is 18.2. The lowest BCUT2D eigenvalue weighted by Crippen LogP contribution is -2.44. The molecule has 1 saturated heterocycles. The summed E-state index contributed by atoms with van der Waals surface area (Å²) in [6, 6.07) is 7.74. The van der Waals surface area contributed by atoms with Crippen molar-refractivity contribution in [3.63, 3.8) is 0 Å². The first-order valence-corrected chi connectivity index (χ1v) is 11.7. The zero-order valence-electron chi connectivity index (χ0n) is 14.9. The summed E-state index contributed by atoms with van der Waals surface area (Å²) in [5.74, 6) is 0. The number of benzene rings is 1. The number of sulfonamides is 1. The Labute approximate surface area is 159 Å². The first-order valence-electron chi connectivity index (χ1n) is 9.31. The van der Waals surface area contributed by atoms with Crippen LogP contribution in [0.15, 0.2) is 39.9 Å². The number of nitrogens with one attached hydrogen (secondary N) is 1. The molecule has 4 rings (SSSR count). The summed E-state index contributed by atoms with van der Waals surface area (Å²) in [5, 5.41) is 4.20. The molecule has 4 nitrogen and oxygen atoms in total. The lowest BCUT2D eigenvalue weighted by atomic mass is 9.75. The van der Waals surface area contributed by atoms with Gasteiger partial charge in [0, 0.05) is 25.2 Å². The number of rotatable bonds is 5. The minimum absolute atomic E-state index is 0.167. The van der Waals surface area contributed by atoms with E-state index in [0.717, 1.165) is 32.1 Å². The summed E-state index contributed by atoms with van der Waals surface area (Å²) in [5.41, 5.74) is 3.55. The standard InChI is InChI=1S/C20H25NO3S2/c22-26(23,19-6-5-16-3-1-2-4-17(16)13-19)21-15-20(8-10-24-11-9-20)18-7-12-25-14-18/h5-7,12-14,21H,1-4,8-11,15H2. The van der Waals surface area contributed by atoms with E-state index in [9.17, 15) is 8.42 Å². The predicted octanol–water partition coefficient (Wildman–Crippen LogP) is 3.65. The van der Waals surface area contributed by atoms with E-state index in [0.29, 0.717) is 24.7 Å². The Morgan fingerprint density at radius 1 is 1.08 bits per heavy atom. The third-order valence-corrected chi connectivity index (χ3v) is 7.90. The van der Waals surface area contributed by atoms with Gasteiger partial charge in [0.15, 0.2) is 0 Å². The molecule has 0 spiro atoms. The molecule has 6 heteroatoms. The summed E-state index contributed by atoms with van der Waals surface area (Å²) < 4.78 is 34.3. The van der Waals surface area contributed by atoms with Crippen molar-refractivity contribution in [1.82, 2.24) is 4.72 Å². The van der Waals surface area contributed by atoms with E-state index < -0.39 is 10.0 Å². The molecule has 0 saturated carbocycles. The number of hydrogen-bond donors (Lipinski definition) is 1. The summed E-state index contributed by atoms with van der Waals surface area (Å²) in [4.78, 5) is 0.394. The number of ether oxygens (including phenoxy) is 1. The van der Waals surface area contributed by atoms with Gasteiger partial charge in [-0.15, -0.1) is 0 Å². The summed E-state index contributed by atoms with van der Waals surface area (Å²) in [7, 11) is -3.51. The fourth-order valence-corrected chi connectivity index (χ4v) is 6.05. The molecule has 1 N–H and O–H groups in total. The van der Waals surface area contributed by atoms with E-state index in [1.807, 2.05) is 12.1 Å². The van der Waals surface area contributed by atoms with Crippen molar-refractivity contribution in [3.8, 4) is 0 Å². The molecule has 0 radical (unpaired) electrons. The highest BCUT2D eigenvalue weighted by Gasteiger charge is 2.36. The second-order valence-corrected chi connectivity index (χ2v) is 9.91. The minimum atomic E-state index is -3.51. The fourth-order valence-electron chi connectivity index (χ4n) is 4.09. The molecule has 1 aromatic heterocycles. The highest BCUT2D eigenvalue weighted by molar-refractivity contribution is 7.89. The van der Waals surface area contributed by atoms with Crippen molar-refractivity contribution in [1.29, 1.82) is 0 Å². The van der Waals surface area contributed by atoms with Crippen LogP contribution < -0.4 is 4.72 Å². The average molecular weight is 392 g/mol. The van der Waals surface area contributed by atoms with E-state index in [-0.39, 0.29) is 5.41 Å². The lowest BCUT2D eigenvalue weighted by molar-refractivity contribution is 0.0518. The van der Waals surface area contributed by atoms with Crippen LogP contribution in [0.25, 0.3) is 0 Å². The van der Waals surface area contributed by atoms with Gasteiger partial charge in [0.1, 0.15) is 0 Å². The normalized spacial score (nSPS) is 19.8. The summed E-state index contributed by atoms with van der Waals surface area (Å²) >= 11 is 1.66. The summed E-state index contributed by atoms with van der Waals surface area (Å²) in [6.45, 7) is 1.78. The van der Waals surface area contributed by atoms with Gasteiger partial charge in [0.05, 0.1) is 4.90 Å². The third kappa shape index (κ3) is 3.60. The number of hydrogen-bond acceptors (Lipinski definition) is 4. The molecule has 1 aliphatic heterocycles. The smallest absolute Gasteiger partial charge is 0.240 e. The Kier molecular flexibility index (Phi) is 5.19. The third-order valence-electron chi connectivity index (χ3n) is 5.81. The molecule has 0 bridgehead atoms. The molecular weight excluding hydrogens is 366 g/mol. The van der Waals surface area contributed by atoms with Crippen molar-refractivity contribution in [3.05, 3.63) is 51.7 Å². The molecule has 2 aliphatic rings. The maximum Gasteiger partial charge on any atom is 0.240 e. The maximum atomic E-state index is 12.9. The average Bonchev–Trinajstić information content (AvgIpc) is 3.22. The van der Waals surface area contributed by atoms with Crippen LogP contribution in [0.4, 0.5) is 0 Å². The van der Waals surface area contributed by atoms with Crippen molar-refractivity contribution in [2.45, 2.75) is 48.8 Å². The molecule has 140 valence electrons. The minimum Gasteiger partial charge on any atom is -0.381 e. The highest BCUT2D eigenvalue weighted by Crippen LogP contribution is 2.36. The van der Waals surface area contributed by atoms with Crippen molar-refractivity contribution in [2.24, 2.45) is 0 Å². The van der Waals surface area contributed by atoms with Gasteiger partial charge >= 0.3 is 0 Å². The van der Waals surface area contributed by atoms with E-state index >= 15 is 0 Å². The number of aryl methyl sites for hydroxylation is 2. The van der Waals surface area contributed by atoms with Crippen molar-refractivity contribution >= 4 is 21.4 Å². The van der Waals surface area contributed by atoms with E-state index in [2.05, 4.69) is 21.5 Å².